The number of nitrogens with zero attached hydrogens (tertiary/aromatic N) is 4. The SMILES string of the molecule is Cc1cccc(-c2noc(-c3cnn(C)c3N)n2)c1. The van der Waals surface area contributed by atoms with Crippen LogP contribution in [0.4, 0.5) is 5.82 Å². The Morgan fingerprint density at radius 3 is 2.84 bits per heavy atom. The molecule has 0 radical (unpaired) electrons. The number of rotatable bonds is 2. The van der Waals surface area contributed by atoms with Crippen molar-refractivity contribution in [1.29, 1.82) is 0 Å². The van der Waals surface area contributed by atoms with Crippen molar-refractivity contribution in [2.24, 2.45) is 7.05 Å². The van der Waals surface area contributed by atoms with Crippen LogP contribution in [-0.2, 0) is 7.05 Å². The second kappa shape index (κ2) is 4.24. The molecule has 2 N–H and O–H groups in total. The van der Waals surface area contributed by atoms with Gasteiger partial charge in [-0.2, -0.15) is 10.1 Å². The van der Waals surface area contributed by atoms with Gasteiger partial charge in [0.25, 0.3) is 5.89 Å². The van der Waals surface area contributed by atoms with Gasteiger partial charge in [-0.05, 0) is 13.0 Å². The summed E-state index contributed by atoms with van der Waals surface area (Å²) in [5.41, 5.74) is 8.58. The number of nitrogens with two attached hydrogens (primary N) is 1. The smallest absolute Gasteiger partial charge is 0.263 e. The Morgan fingerprint density at radius 2 is 2.16 bits per heavy atom. The van der Waals surface area contributed by atoms with E-state index < -0.39 is 0 Å². The first-order valence-corrected chi connectivity index (χ1v) is 5.84. The molecule has 6 heteroatoms. The van der Waals surface area contributed by atoms with Gasteiger partial charge in [0.1, 0.15) is 11.4 Å². The van der Waals surface area contributed by atoms with Crippen LogP contribution in [-0.4, -0.2) is 19.9 Å². The average Bonchev–Trinajstić information content (AvgIpc) is 2.98. The molecule has 0 aliphatic heterocycles. The van der Waals surface area contributed by atoms with Gasteiger partial charge in [-0.3, -0.25) is 4.68 Å². The molecule has 2 aromatic heterocycles. The molecule has 0 bridgehead atoms. The summed E-state index contributed by atoms with van der Waals surface area (Å²) in [4.78, 5) is 4.35. The van der Waals surface area contributed by atoms with Crippen LogP contribution in [0, 0.1) is 6.92 Å². The number of hydrogen-bond donors (Lipinski definition) is 1. The van der Waals surface area contributed by atoms with Gasteiger partial charge in [0.15, 0.2) is 0 Å². The summed E-state index contributed by atoms with van der Waals surface area (Å²) in [6.45, 7) is 2.02. The molecule has 3 rings (SSSR count). The van der Waals surface area contributed by atoms with E-state index in [4.69, 9.17) is 10.3 Å². The van der Waals surface area contributed by atoms with Crippen molar-refractivity contribution in [3.05, 3.63) is 36.0 Å². The zero-order valence-electron chi connectivity index (χ0n) is 10.7. The molecule has 3 aromatic rings. The monoisotopic (exact) mass is 255 g/mol. The molecule has 1 aromatic carbocycles. The number of anilines is 1. The lowest BCUT2D eigenvalue weighted by Crippen LogP contribution is -1.98. The summed E-state index contributed by atoms with van der Waals surface area (Å²) in [6.07, 6.45) is 1.61. The Bertz CT molecular complexity index is 728. The van der Waals surface area contributed by atoms with E-state index in [2.05, 4.69) is 15.2 Å². The first kappa shape index (κ1) is 11.5. The van der Waals surface area contributed by atoms with Gasteiger partial charge in [-0.25, -0.2) is 0 Å². The summed E-state index contributed by atoms with van der Waals surface area (Å²) in [5, 5.41) is 8.03. The van der Waals surface area contributed by atoms with E-state index in [1.54, 1.807) is 17.9 Å². The number of nitrogen functional groups attached to an aromatic ring is 1. The van der Waals surface area contributed by atoms with Crippen LogP contribution in [0.25, 0.3) is 22.8 Å². The van der Waals surface area contributed by atoms with Crippen LogP contribution in [0.3, 0.4) is 0 Å². The Balaban J connectivity index is 2.02. The van der Waals surface area contributed by atoms with Crippen molar-refractivity contribution in [3.63, 3.8) is 0 Å². The third kappa shape index (κ3) is 1.97. The Morgan fingerprint density at radius 1 is 1.32 bits per heavy atom. The fourth-order valence-electron chi connectivity index (χ4n) is 1.85. The van der Waals surface area contributed by atoms with Crippen LogP contribution in [0.1, 0.15) is 5.56 Å². The van der Waals surface area contributed by atoms with Gasteiger partial charge in [0.05, 0.1) is 6.20 Å². The molecule has 0 amide bonds. The molecule has 0 saturated heterocycles. The Kier molecular flexibility index (Phi) is 2.56. The van der Waals surface area contributed by atoms with Crippen molar-refractivity contribution in [2.75, 3.05) is 5.73 Å². The molecular weight excluding hydrogens is 242 g/mol. The molecular formula is C13H13N5O. The van der Waals surface area contributed by atoms with E-state index in [-0.39, 0.29) is 0 Å². The largest absolute Gasteiger partial charge is 0.383 e. The molecule has 96 valence electrons. The van der Waals surface area contributed by atoms with Crippen molar-refractivity contribution in [1.82, 2.24) is 19.9 Å². The highest BCUT2D eigenvalue weighted by molar-refractivity contribution is 5.68. The van der Waals surface area contributed by atoms with Crippen molar-refractivity contribution in [3.8, 4) is 22.8 Å². The Labute approximate surface area is 109 Å². The summed E-state index contributed by atoms with van der Waals surface area (Å²) >= 11 is 0. The van der Waals surface area contributed by atoms with Crippen molar-refractivity contribution >= 4 is 5.82 Å². The Hall–Kier alpha value is -2.63. The van der Waals surface area contributed by atoms with Crippen LogP contribution < -0.4 is 5.73 Å². The summed E-state index contributed by atoms with van der Waals surface area (Å²) < 4.78 is 6.81. The van der Waals surface area contributed by atoms with E-state index >= 15 is 0 Å². The van der Waals surface area contributed by atoms with Crippen LogP contribution in [0.2, 0.25) is 0 Å². The fraction of sp³-hybridized carbons (Fsp3) is 0.154. The highest BCUT2D eigenvalue weighted by Gasteiger charge is 2.15. The second-order valence-electron chi connectivity index (χ2n) is 4.36. The topological polar surface area (TPSA) is 82.8 Å². The van der Waals surface area contributed by atoms with E-state index in [1.165, 1.54) is 0 Å². The molecule has 0 aliphatic rings. The first-order chi connectivity index (χ1) is 9.15. The summed E-state index contributed by atoms with van der Waals surface area (Å²) in [7, 11) is 1.76. The standard InChI is InChI=1S/C13H13N5O/c1-8-4-3-5-9(6-8)12-16-13(19-17-12)10-7-15-18(2)11(10)14/h3-7H,14H2,1-2H3. The van der Waals surface area contributed by atoms with Gasteiger partial charge in [-0.1, -0.05) is 28.9 Å². The molecule has 0 unspecified atom stereocenters. The number of aryl methyl sites for hydroxylation is 2. The third-order valence-corrected chi connectivity index (χ3v) is 2.92. The minimum atomic E-state index is 0.377. The van der Waals surface area contributed by atoms with E-state index in [0.717, 1.165) is 11.1 Å². The molecule has 0 atom stereocenters. The highest BCUT2D eigenvalue weighted by Crippen LogP contribution is 2.26. The van der Waals surface area contributed by atoms with Gasteiger partial charge < -0.3 is 10.3 Å². The summed E-state index contributed by atoms with van der Waals surface area (Å²) in [5.74, 6) is 1.42. The van der Waals surface area contributed by atoms with Gasteiger partial charge >= 0.3 is 0 Å². The molecule has 0 saturated carbocycles. The van der Waals surface area contributed by atoms with Gasteiger partial charge in [0, 0.05) is 12.6 Å². The zero-order valence-corrected chi connectivity index (χ0v) is 10.7. The lowest BCUT2D eigenvalue weighted by molar-refractivity contribution is 0.432. The quantitative estimate of drug-likeness (QED) is 0.757. The minimum absolute atomic E-state index is 0.377. The second-order valence-corrected chi connectivity index (χ2v) is 4.36. The lowest BCUT2D eigenvalue weighted by Gasteiger charge is -1.95. The zero-order chi connectivity index (χ0) is 13.4. The maximum Gasteiger partial charge on any atom is 0.263 e. The van der Waals surface area contributed by atoms with Crippen LogP contribution in [0.15, 0.2) is 35.0 Å². The van der Waals surface area contributed by atoms with E-state index in [0.29, 0.717) is 23.1 Å². The van der Waals surface area contributed by atoms with Gasteiger partial charge in [0.2, 0.25) is 5.82 Å². The molecule has 0 spiro atoms. The molecule has 0 aliphatic carbocycles. The predicted molar refractivity (Wildman–Crippen MR) is 71.1 cm³/mol. The van der Waals surface area contributed by atoms with E-state index in [9.17, 15) is 0 Å². The summed E-state index contributed by atoms with van der Waals surface area (Å²) in [6, 6.07) is 7.91. The number of hydrogen-bond acceptors (Lipinski definition) is 5. The van der Waals surface area contributed by atoms with Crippen molar-refractivity contribution in [2.45, 2.75) is 6.92 Å². The minimum Gasteiger partial charge on any atom is -0.383 e. The van der Waals surface area contributed by atoms with Gasteiger partial charge in [-0.15, -0.1) is 0 Å². The number of aromatic nitrogens is 4. The highest BCUT2D eigenvalue weighted by atomic mass is 16.5. The van der Waals surface area contributed by atoms with Crippen LogP contribution >= 0.6 is 0 Å². The molecule has 2 heterocycles. The number of benzene rings is 1. The fourth-order valence-corrected chi connectivity index (χ4v) is 1.85. The first-order valence-electron chi connectivity index (χ1n) is 5.84. The lowest BCUT2D eigenvalue weighted by atomic mass is 10.1. The average molecular weight is 255 g/mol. The van der Waals surface area contributed by atoms with Crippen LogP contribution in [0.5, 0.6) is 0 Å². The molecule has 6 nitrogen and oxygen atoms in total. The maximum atomic E-state index is 5.88. The predicted octanol–water partition coefficient (Wildman–Crippen LogP) is 2.03. The maximum absolute atomic E-state index is 5.88. The third-order valence-electron chi connectivity index (χ3n) is 2.92. The van der Waals surface area contributed by atoms with E-state index in [1.807, 2.05) is 31.2 Å². The molecule has 19 heavy (non-hydrogen) atoms. The normalized spacial score (nSPS) is 10.8. The molecule has 0 fully saturated rings. The van der Waals surface area contributed by atoms with Crippen molar-refractivity contribution < 1.29 is 4.52 Å².